The third-order valence-electron chi connectivity index (χ3n) is 4.54. The molecule has 26 heavy (non-hydrogen) atoms. The molecule has 1 atom stereocenters. The van der Waals surface area contributed by atoms with Gasteiger partial charge in [0.25, 0.3) is 11.6 Å². The standard InChI is InChI=1S/C20H22N2O3S/c1-20(2,3)16-8-4-15(5-9-16)19-21(12-13-26-19)18(23)14-6-10-17(11-7-14)22(24)25/h4-11,19H,12-13H2,1-3H3. The summed E-state index contributed by atoms with van der Waals surface area (Å²) in [4.78, 5) is 25.0. The number of benzene rings is 2. The zero-order chi connectivity index (χ0) is 18.9. The van der Waals surface area contributed by atoms with Crippen LogP contribution in [-0.4, -0.2) is 28.0 Å². The van der Waals surface area contributed by atoms with E-state index in [1.807, 2.05) is 4.90 Å². The number of non-ortho nitro benzene ring substituents is 1. The zero-order valence-electron chi connectivity index (χ0n) is 15.1. The van der Waals surface area contributed by atoms with Crippen LogP contribution in [0.2, 0.25) is 0 Å². The minimum atomic E-state index is -0.459. The Hall–Kier alpha value is -2.34. The van der Waals surface area contributed by atoms with Crippen LogP contribution in [0.5, 0.6) is 0 Å². The Bertz CT molecular complexity index is 810. The molecule has 2 aromatic carbocycles. The molecule has 136 valence electrons. The molecule has 0 aromatic heterocycles. The number of hydrogen-bond acceptors (Lipinski definition) is 4. The number of rotatable bonds is 3. The summed E-state index contributed by atoms with van der Waals surface area (Å²) >= 11 is 1.74. The highest BCUT2D eigenvalue weighted by Crippen LogP contribution is 2.39. The fourth-order valence-electron chi connectivity index (χ4n) is 2.99. The smallest absolute Gasteiger partial charge is 0.269 e. The molecule has 0 aliphatic carbocycles. The molecule has 0 bridgehead atoms. The molecule has 1 amide bonds. The van der Waals surface area contributed by atoms with Crippen molar-refractivity contribution in [2.24, 2.45) is 0 Å². The van der Waals surface area contributed by atoms with E-state index in [0.29, 0.717) is 12.1 Å². The van der Waals surface area contributed by atoms with Gasteiger partial charge in [-0.05, 0) is 28.7 Å². The normalized spacial score (nSPS) is 17.3. The quantitative estimate of drug-likeness (QED) is 0.576. The SMILES string of the molecule is CC(C)(C)c1ccc(C2SCCN2C(=O)c2ccc([N+](=O)[O-])cc2)cc1. The van der Waals surface area contributed by atoms with E-state index in [1.54, 1.807) is 11.8 Å². The number of nitro groups is 1. The van der Waals surface area contributed by atoms with Gasteiger partial charge >= 0.3 is 0 Å². The van der Waals surface area contributed by atoms with Crippen LogP contribution in [0.25, 0.3) is 0 Å². The average Bonchev–Trinajstić information content (AvgIpc) is 3.10. The Labute approximate surface area is 157 Å². The maximum Gasteiger partial charge on any atom is 0.269 e. The number of thioether (sulfide) groups is 1. The summed E-state index contributed by atoms with van der Waals surface area (Å²) in [6, 6.07) is 14.3. The number of carbonyl (C=O) groups is 1. The van der Waals surface area contributed by atoms with Crippen LogP contribution in [-0.2, 0) is 5.41 Å². The van der Waals surface area contributed by atoms with Gasteiger partial charge in [-0.2, -0.15) is 0 Å². The van der Waals surface area contributed by atoms with Gasteiger partial charge in [-0.15, -0.1) is 11.8 Å². The summed E-state index contributed by atoms with van der Waals surface area (Å²) in [6.45, 7) is 7.20. The second kappa shape index (κ2) is 7.11. The van der Waals surface area contributed by atoms with E-state index in [0.717, 1.165) is 11.3 Å². The van der Waals surface area contributed by atoms with E-state index in [4.69, 9.17) is 0 Å². The first-order valence-corrected chi connectivity index (χ1v) is 9.60. The van der Waals surface area contributed by atoms with Crippen molar-refractivity contribution in [2.45, 2.75) is 31.6 Å². The second-order valence-corrected chi connectivity index (χ2v) is 8.59. The van der Waals surface area contributed by atoms with Crippen molar-refractivity contribution >= 4 is 23.4 Å². The molecule has 3 rings (SSSR count). The number of hydrogen-bond donors (Lipinski definition) is 0. The van der Waals surface area contributed by atoms with Crippen LogP contribution in [0, 0.1) is 10.1 Å². The zero-order valence-corrected chi connectivity index (χ0v) is 16.0. The fourth-order valence-corrected chi connectivity index (χ4v) is 4.25. The molecule has 5 nitrogen and oxygen atoms in total. The summed E-state index contributed by atoms with van der Waals surface area (Å²) in [5.74, 6) is 0.791. The minimum Gasteiger partial charge on any atom is -0.322 e. The summed E-state index contributed by atoms with van der Waals surface area (Å²) < 4.78 is 0. The number of carbonyl (C=O) groups excluding carboxylic acids is 1. The third kappa shape index (κ3) is 3.75. The molecule has 0 spiro atoms. The largest absolute Gasteiger partial charge is 0.322 e. The lowest BCUT2D eigenvalue weighted by Crippen LogP contribution is -2.30. The van der Waals surface area contributed by atoms with Gasteiger partial charge in [0.15, 0.2) is 0 Å². The topological polar surface area (TPSA) is 63.5 Å². The molecule has 1 heterocycles. The number of amides is 1. The average molecular weight is 370 g/mol. The number of nitrogens with zero attached hydrogens (tertiary/aromatic N) is 2. The highest BCUT2D eigenvalue weighted by atomic mass is 32.2. The Morgan fingerprint density at radius 2 is 1.73 bits per heavy atom. The van der Waals surface area contributed by atoms with Gasteiger partial charge in [0, 0.05) is 30.0 Å². The van der Waals surface area contributed by atoms with E-state index >= 15 is 0 Å². The predicted molar refractivity (Wildman–Crippen MR) is 104 cm³/mol. The Morgan fingerprint density at radius 1 is 1.12 bits per heavy atom. The van der Waals surface area contributed by atoms with Crippen molar-refractivity contribution in [1.82, 2.24) is 4.90 Å². The molecule has 2 aromatic rings. The molecule has 0 radical (unpaired) electrons. The van der Waals surface area contributed by atoms with Gasteiger partial charge in [-0.25, -0.2) is 0 Å². The third-order valence-corrected chi connectivity index (χ3v) is 5.80. The predicted octanol–water partition coefficient (Wildman–Crippen LogP) is 4.78. The van der Waals surface area contributed by atoms with Crippen molar-refractivity contribution in [1.29, 1.82) is 0 Å². The summed E-state index contributed by atoms with van der Waals surface area (Å²) in [7, 11) is 0. The lowest BCUT2D eigenvalue weighted by Gasteiger charge is -2.25. The lowest BCUT2D eigenvalue weighted by molar-refractivity contribution is -0.384. The molecule has 1 saturated heterocycles. The Balaban J connectivity index is 1.81. The van der Waals surface area contributed by atoms with E-state index in [2.05, 4.69) is 45.0 Å². The van der Waals surface area contributed by atoms with Gasteiger partial charge in [0.05, 0.1) is 4.92 Å². The Morgan fingerprint density at radius 3 is 2.27 bits per heavy atom. The van der Waals surface area contributed by atoms with Gasteiger partial charge < -0.3 is 4.90 Å². The van der Waals surface area contributed by atoms with Gasteiger partial charge in [0.1, 0.15) is 5.37 Å². The molecule has 1 aliphatic heterocycles. The molecular formula is C20H22N2O3S. The van der Waals surface area contributed by atoms with Crippen LogP contribution < -0.4 is 0 Å². The monoisotopic (exact) mass is 370 g/mol. The van der Waals surface area contributed by atoms with Crippen LogP contribution in [0.1, 0.15) is 47.6 Å². The first kappa shape index (κ1) is 18.5. The maximum absolute atomic E-state index is 12.9. The van der Waals surface area contributed by atoms with Gasteiger partial charge in [-0.3, -0.25) is 14.9 Å². The van der Waals surface area contributed by atoms with Crippen LogP contribution >= 0.6 is 11.8 Å². The van der Waals surface area contributed by atoms with Crippen molar-refractivity contribution in [3.05, 3.63) is 75.3 Å². The van der Waals surface area contributed by atoms with Gasteiger partial charge in [0.2, 0.25) is 0 Å². The molecular weight excluding hydrogens is 348 g/mol. The highest BCUT2D eigenvalue weighted by Gasteiger charge is 2.31. The van der Waals surface area contributed by atoms with Crippen molar-refractivity contribution in [2.75, 3.05) is 12.3 Å². The summed E-state index contributed by atoms with van der Waals surface area (Å²) in [5, 5.41) is 10.8. The van der Waals surface area contributed by atoms with Crippen LogP contribution in [0.4, 0.5) is 5.69 Å². The molecule has 0 N–H and O–H groups in total. The first-order valence-electron chi connectivity index (χ1n) is 8.55. The molecule has 0 saturated carbocycles. The molecule has 1 fully saturated rings. The van der Waals surface area contributed by atoms with Crippen molar-refractivity contribution in [3.8, 4) is 0 Å². The fraction of sp³-hybridized carbons (Fsp3) is 0.350. The Kier molecular flexibility index (Phi) is 5.05. The first-order chi connectivity index (χ1) is 12.3. The molecule has 1 aliphatic rings. The van der Waals surface area contributed by atoms with Crippen LogP contribution in [0.3, 0.4) is 0 Å². The molecule has 1 unspecified atom stereocenters. The van der Waals surface area contributed by atoms with Crippen LogP contribution in [0.15, 0.2) is 48.5 Å². The molecule has 6 heteroatoms. The minimum absolute atomic E-state index is 0.00772. The van der Waals surface area contributed by atoms with E-state index in [1.165, 1.54) is 29.8 Å². The summed E-state index contributed by atoms with van der Waals surface area (Å²) in [6.07, 6.45) is 0. The highest BCUT2D eigenvalue weighted by molar-refractivity contribution is 7.99. The van der Waals surface area contributed by atoms with Crippen molar-refractivity contribution in [3.63, 3.8) is 0 Å². The van der Waals surface area contributed by atoms with Gasteiger partial charge in [-0.1, -0.05) is 45.0 Å². The second-order valence-electron chi connectivity index (χ2n) is 7.40. The van der Waals surface area contributed by atoms with E-state index in [-0.39, 0.29) is 22.4 Å². The maximum atomic E-state index is 12.9. The van der Waals surface area contributed by atoms with Crippen molar-refractivity contribution < 1.29 is 9.72 Å². The summed E-state index contributed by atoms with van der Waals surface area (Å²) in [5.41, 5.74) is 2.93. The number of nitro benzene ring substituents is 1. The van der Waals surface area contributed by atoms with E-state index < -0.39 is 4.92 Å². The lowest BCUT2D eigenvalue weighted by atomic mass is 9.86. The van der Waals surface area contributed by atoms with E-state index in [9.17, 15) is 14.9 Å².